The molecule has 0 aliphatic carbocycles. The van der Waals surface area contributed by atoms with Crippen LogP contribution in [0.1, 0.15) is 35.0 Å². The van der Waals surface area contributed by atoms with E-state index in [4.69, 9.17) is 4.42 Å². The molecule has 2 aliphatic heterocycles. The first-order valence-corrected chi connectivity index (χ1v) is 9.45. The van der Waals surface area contributed by atoms with E-state index in [9.17, 15) is 4.79 Å². The molecule has 1 N–H and O–H groups in total. The summed E-state index contributed by atoms with van der Waals surface area (Å²) in [5, 5.41) is 12.0. The lowest BCUT2D eigenvalue weighted by molar-refractivity contribution is 0.0657. The van der Waals surface area contributed by atoms with Crippen LogP contribution in [0.3, 0.4) is 0 Å². The zero-order chi connectivity index (χ0) is 18.6. The van der Waals surface area contributed by atoms with E-state index in [0.29, 0.717) is 25.4 Å². The molecule has 0 spiro atoms. The molecular weight excluding hydrogens is 346 g/mol. The second-order valence-electron chi connectivity index (χ2n) is 6.80. The quantitative estimate of drug-likeness (QED) is 0.632. The van der Waals surface area contributed by atoms with Crippen LogP contribution in [0.4, 0.5) is 0 Å². The Morgan fingerprint density at radius 1 is 1.19 bits per heavy atom. The van der Waals surface area contributed by atoms with Crippen LogP contribution in [-0.2, 0) is 19.5 Å². The molecule has 0 radical (unpaired) electrons. The SMILES string of the molecule is CN=C(NCc1nnc2n1CCCC2)N1CCN(C(=O)c2ccco2)CC1. The number of carbonyl (C=O) groups excluding carboxylic acids is 1. The molecule has 144 valence electrons. The summed E-state index contributed by atoms with van der Waals surface area (Å²) in [6, 6.07) is 3.44. The molecule has 1 saturated heterocycles. The highest BCUT2D eigenvalue weighted by atomic mass is 16.3. The molecule has 0 unspecified atom stereocenters. The van der Waals surface area contributed by atoms with E-state index in [2.05, 4.69) is 30.0 Å². The van der Waals surface area contributed by atoms with Gasteiger partial charge < -0.3 is 24.1 Å². The summed E-state index contributed by atoms with van der Waals surface area (Å²) in [4.78, 5) is 20.8. The van der Waals surface area contributed by atoms with E-state index in [1.807, 2.05) is 4.90 Å². The van der Waals surface area contributed by atoms with Crippen LogP contribution in [0.2, 0.25) is 0 Å². The molecular formula is C18H25N7O2. The fraction of sp³-hybridized carbons (Fsp3) is 0.556. The molecule has 0 saturated carbocycles. The van der Waals surface area contributed by atoms with E-state index in [1.165, 1.54) is 19.1 Å². The molecule has 0 bridgehead atoms. The number of piperazine rings is 1. The summed E-state index contributed by atoms with van der Waals surface area (Å²) < 4.78 is 7.43. The highest BCUT2D eigenvalue weighted by molar-refractivity contribution is 5.91. The normalized spacial score (nSPS) is 17.7. The van der Waals surface area contributed by atoms with Gasteiger partial charge in [-0.05, 0) is 25.0 Å². The second kappa shape index (κ2) is 7.81. The van der Waals surface area contributed by atoms with Crippen LogP contribution in [0.5, 0.6) is 0 Å². The third kappa shape index (κ3) is 3.67. The minimum Gasteiger partial charge on any atom is -0.459 e. The number of furan rings is 1. The monoisotopic (exact) mass is 371 g/mol. The first kappa shape index (κ1) is 17.6. The number of nitrogens with zero attached hydrogens (tertiary/aromatic N) is 6. The van der Waals surface area contributed by atoms with Gasteiger partial charge in [-0.15, -0.1) is 10.2 Å². The van der Waals surface area contributed by atoms with Gasteiger partial charge in [-0.1, -0.05) is 0 Å². The molecule has 0 atom stereocenters. The maximum atomic E-state index is 12.4. The van der Waals surface area contributed by atoms with Crippen LogP contribution >= 0.6 is 0 Å². The van der Waals surface area contributed by atoms with Crippen molar-refractivity contribution >= 4 is 11.9 Å². The molecule has 9 heteroatoms. The number of guanidine groups is 1. The largest absolute Gasteiger partial charge is 0.459 e. The zero-order valence-corrected chi connectivity index (χ0v) is 15.6. The first-order valence-electron chi connectivity index (χ1n) is 9.45. The van der Waals surface area contributed by atoms with Gasteiger partial charge in [0, 0.05) is 46.2 Å². The predicted octanol–water partition coefficient (Wildman–Crippen LogP) is 0.741. The third-order valence-corrected chi connectivity index (χ3v) is 5.15. The molecule has 27 heavy (non-hydrogen) atoms. The lowest BCUT2D eigenvalue weighted by Gasteiger charge is -2.36. The Balaban J connectivity index is 1.32. The van der Waals surface area contributed by atoms with Gasteiger partial charge in [0.05, 0.1) is 12.8 Å². The Bertz CT molecular complexity index is 804. The van der Waals surface area contributed by atoms with Crippen LogP contribution in [0, 0.1) is 0 Å². The van der Waals surface area contributed by atoms with E-state index in [1.54, 1.807) is 19.2 Å². The summed E-state index contributed by atoms with van der Waals surface area (Å²) in [7, 11) is 1.78. The van der Waals surface area contributed by atoms with Crippen molar-refractivity contribution in [2.24, 2.45) is 4.99 Å². The van der Waals surface area contributed by atoms with E-state index < -0.39 is 0 Å². The molecule has 0 aromatic carbocycles. The van der Waals surface area contributed by atoms with Crippen LogP contribution in [0.15, 0.2) is 27.8 Å². The molecule has 2 aromatic heterocycles. The standard InChI is InChI=1S/C18H25N7O2/c1-19-18(20-13-16-22-21-15-6-2-3-7-25(15)16)24-10-8-23(9-11-24)17(26)14-5-4-12-27-14/h4-5,12H,2-3,6-11,13H2,1H3,(H,19,20). The molecule has 1 fully saturated rings. The minimum atomic E-state index is -0.0577. The highest BCUT2D eigenvalue weighted by Gasteiger charge is 2.25. The molecule has 9 nitrogen and oxygen atoms in total. The summed E-state index contributed by atoms with van der Waals surface area (Å²) in [5.74, 6) is 3.20. The predicted molar refractivity (Wildman–Crippen MR) is 99.3 cm³/mol. The highest BCUT2D eigenvalue weighted by Crippen LogP contribution is 2.14. The van der Waals surface area contributed by atoms with Gasteiger partial charge in [0.15, 0.2) is 17.5 Å². The summed E-state index contributed by atoms with van der Waals surface area (Å²) in [6.45, 7) is 4.33. The summed E-state index contributed by atoms with van der Waals surface area (Å²) >= 11 is 0. The fourth-order valence-electron chi connectivity index (χ4n) is 3.67. The van der Waals surface area contributed by atoms with Crippen molar-refractivity contribution in [2.45, 2.75) is 32.4 Å². The van der Waals surface area contributed by atoms with Gasteiger partial charge in [0.25, 0.3) is 5.91 Å². The van der Waals surface area contributed by atoms with E-state index >= 15 is 0 Å². The number of aromatic nitrogens is 3. The average Bonchev–Trinajstić information content (AvgIpc) is 3.39. The van der Waals surface area contributed by atoms with Crippen molar-refractivity contribution in [3.05, 3.63) is 35.8 Å². The number of fused-ring (bicyclic) bond motifs is 1. The lowest BCUT2D eigenvalue weighted by Crippen LogP contribution is -2.53. The van der Waals surface area contributed by atoms with Gasteiger partial charge in [0.1, 0.15) is 5.82 Å². The maximum Gasteiger partial charge on any atom is 0.289 e. The van der Waals surface area contributed by atoms with Gasteiger partial charge in [0.2, 0.25) is 0 Å². The first-order chi connectivity index (χ1) is 13.3. The zero-order valence-electron chi connectivity index (χ0n) is 15.6. The summed E-state index contributed by atoms with van der Waals surface area (Å²) in [6.07, 6.45) is 4.90. The molecule has 2 aromatic rings. The number of carbonyl (C=O) groups is 1. The van der Waals surface area contributed by atoms with Crippen molar-refractivity contribution in [3.8, 4) is 0 Å². The number of nitrogens with one attached hydrogen (secondary N) is 1. The second-order valence-corrected chi connectivity index (χ2v) is 6.80. The van der Waals surface area contributed by atoms with Gasteiger partial charge >= 0.3 is 0 Å². The van der Waals surface area contributed by atoms with Gasteiger partial charge in [-0.2, -0.15) is 0 Å². The van der Waals surface area contributed by atoms with Crippen LogP contribution < -0.4 is 5.32 Å². The number of hydrogen-bond donors (Lipinski definition) is 1. The van der Waals surface area contributed by atoms with E-state index in [-0.39, 0.29) is 5.91 Å². The van der Waals surface area contributed by atoms with E-state index in [0.717, 1.165) is 43.7 Å². The fourth-order valence-corrected chi connectivity index (χ4v) is 3.67. The number of aliphatic imine (C=N–C) groups is 1. The lowest BCUT2D eigenvalue weighted by atomic mass is 10.2. The molecule has 2 aliphatic rings. The Morgan fingerprint density at radius 3 is 2.74 bits per heavy atom. The Labute approximate surface area is 158 Å². The van der Waals surface area contributed by atoms with Crippen LogP contribution in [-0.4, -0.2) is 69.7 Å². The van der Waals surface area contributed by atoms with Gasteiger partial charge in [-0.25, -0.2) is 0 Å². The Kier molecular flexibility index (Phi) is 5.08. The number of amides is 1. The Hall–Kier alpha value is -2.84. The number of aryl methyl sites for hydroxylation is 1. The molecule has 1 amide bonds. The topological polar surface area (TPSA) is 91.8 Å². The van der Waals surface area contributed by atoms with Crippen molar-refractivity contribution in [2.75, 3.05) is 33.2 Å². The average molecular weight is 371 g/mol. The number of rotatable bonds is 3. The molecule has 4 rings (SSSR count). The summed E-state index contributed by atoms with van der Waals surface area (Å²) in [5.41, 5.74) is 0. The van der Waals surface area contributed by atoms with Crippen molar-refractivity contribution < 1.29 is 9.21 Å². The van der Waals surface area contributed by atoms with Crippen molar-refractivity contribution in [1.29, 1.82) is 0 Å². The number of hydrogen-bond acceptors (Lipinski definition) is 5. The van der Waals surface area contributed by atoms with Crippen molar-refractivity contribution in [1.82, 2.24) is 29.9 Å². The van der Waals surface area contributed by atoms with Gasteiger partial charge in [-0.3, -0.25) is 9.79 Å². The van der Waals surface area contributed by atoms with Crippen molar-refractivity contribution in [3.63, 3.8) is 0 Å². The maximum absolute atomic E-state index is 12.4. The minimum absolute atomic E-state index is 0.0577. The van der Waals surface area contributed by atoms with Crippen LogP contribution in [0.25, 0.3) is 0 Å². The molecule has 4 heterocycles. The smallest absolute Gasteiger partial charge is 0.289 e. The third-order valence-electron chi connectivity index (χ3n) is 5.15. The Morgan fingerprint density at radius 2 is 2.00 bits per heavy atom.